The summed E-state index contributed by atoms with van der Waals surface area (Å²) in [6.45, 7) is 7.90. The van der Waals surface area contributed by atoms with E-state index < -0.39 is 0 Å². The van der Waals surface area contributed by atoms with Gasteiger partial charge in [-0.05, 0) is 18.4 Å². The third-order valence-corrected chi connectivity index (χ3v) is 3.28. The number of nitrogens with two attached hydrogens (primary N) is 1. The number of hydrogen-bond donors (Lipinski definition) is 2. The Bertz CT molecular complexity index is 374. The summed E-state index contributed by atoms with van der Waals surface area (Å²) in [6, 6.07) is 0. The van der Waals surface area contributed by atoms with Crippen molar-refractivity contribution in [2.75, 3.05) is 25.4 Å². The van der Waals surface area contributed by atoms with E-state index in [-0.39, 0.29) is 6.10 Å². The van der Waals surface area contributed by atoms with Crippen LogP contribution < -0.4 is 5.73 Å². The van der Waals surface area contributed by atoms with Gasteiger partial charge in [-0.25, -0.2) is 0 Å². The standard InChI is InChI=1S/C12H22N4O/c1-12(2)3-4-15(9-12)7-11(17)8-16-6-10(13)5-14-16/h5-6,11,17H,3-4,7-9,13H2,1-2H3. The fourth-order valence-corrected chi connectivity index (χ4v) is 2.43. The molecule has 5 heteroatoms. The highest BCUT2D eigenvalue weighted by Gasteiger charge is 2.29. The lowest BCUT2D eigenvalue weighted by Gasteiger charge is -2.22. The van der Waals surface area contributed by atoms with Gasteiger partial charge in [0.1, 0.15) is 0 Å². The minimum absolute atomic E-state index is 0.385. The molecule has 17 heavy (non-hydrogen) atoms. The van der Waals surface area contributed by atoms with Crippen LogP contribution in [0.25, 0.3) is 0 Å². The van der Waals surface area contributed by atoms with E-state index in [0.29, 0.717) is 24.2 Å². The molecule has 2 rings (SSSR count). The van der Waals surface area contributed by atoms with Crippen LogP contribution in [0.15, 0.2) is 12.4 Å². The Balaban J connectivity index is 1.80. The zero-order valence-corrected chi connectivity index (χ0v) is 10.6. The normalized spacial score (nSPS) is 21.8. The Morgan fingerprint density at radius 3 is 2.82 bits per heavy atom. The van der Waals surface area contributed by atoms with E-state index in [1.54, 1.807) is 17.1 Å². The van der Waals surface area contributed by atoms with Crippen molar-refractivity contribution in [3.05, 3.63) is 12.4 Å². The van der Waals surface area contributed by atoms with Gasteiger partial charge in [-0.15, -0.1) is 0 Å². The first-order valence-corrected chi connectivity index (χ1v) is 6.13. The number of β-amino-alcohol motifs (C(OH)–C–C–N with tert-alkyl or cyclic N) is 1. The van der Waals surface area contributed by atoms with Crippen LogP contribution in [0.3, 0.4) is 0 Å². The van der Waals surface area contributed by atoms with Gasteiger partial charge in [0.05, 0.1) is 24.5 Å². The molecule has 1 saturated heterocycles. The fraction of sp³-hybridized carbons (Fsp3) is 0.750. The predicted molar refractivity (Wildman–Crippen MR) is 67.5 cm³/mol. The van der Waals surface area contributed by atoms with Crippen molar-refractivity contribution < 1.29 is 5.11 Å². The highest BCUT2D eigenvalue weighted by molar-refractivity contribution is 5.30. The summed E-state index contributed by atoms with van der Waals surface area (Å²) >= 11 is 0. The van der Waals surface area contributed by atoms with Gasteiger partial charge < -0.3 is 15.7 Å². The molecule has 0 amide bonds. The van der Waals surface area contributed by atoms with E-state index in [2.05, 4.69) is 23.8 Å². The molecule has 3 N–H and O–H groups in total. The molecule has 0 radical (unpaired) electrons. The van der Waals surface area contributed by atoms with Crippen LogP contribution in [-0.2, 0) is 6.54 Å². The first-order chi connectivity index (χ1) is 7.94. The SMILES string of the molecule is CC1(C)CCN(CC(O)Cn2cc(N)cn2)C1. The van der Waals surface area contributed by atoms with Gasteiger partial charge in [0.25, 0.3) is 0 Å². The zero-order chi connectivity index (χ0) is 12.5. The lowest BCUT2D eigenvalue weighted by Crippen LogP contribution is -2.34. The Labute approximate surface area is 102 Å². The molecule has 1 atom stereocenters. The summed E-state index contributed by atoms with van der Waals surface area (Å²) in [5, 5.41) is 14.1. The molecule has 2 heterocycles. The molecule has 0 spiro atoms. The largest absolute Gasteiger partial charge is 0.396 e. The summed E-state index contributed by atoms with van der Waals surface area (Å²) in [7, 11) is 0. The summed E-state index contributed by atoms with van der Waals surface area (Å²) < 4.78 is 1.70. The monoisotopic (exact) mass is 238 g/mol. The number of rotatable bonds is 4. The number of nitrogens with zero attached hydrogens (tertiary/aromatic N) is 3. The van der Waals surface area contributed by atoms with E-state index in [1.165, 1.54) is 6.42 Å². The predicted octanol–water partition coefficient (Wildman–Crippen LogP) is 0.558. The molecule has 0 aliphatic carbocycles. The Morgan fingerprint density at radius 2 is 2.29 bits per heavy atom. The Hall–Kier alpha value is -1.07. The quantitative estimate of drug-likeness (QED) is 0.804. The molecule has 5 nitrogen and oxygen atoms in total. The van der Waals surface area contributed by atoms with Gasteiger partial charge >= 0.3 is 0 Å². The number of aliphatic hydroxyl groups is 1. The first-order valence-electron chi connectivity index (χ1n) is 6.13. The van der Waals surface area contributed by atoms with Gasteiger partial charge in [-0.1, -0.05) is 13.8 Å². The topological polar surface area (TPSA) is 67.3 Å². The van der Waals surface area contributed by atoms with Crippen molar-refractivity contribution in [3.8, 4) is 0 Å². The minimum atomic E-state index is -0.386. The average Bonchev–Trinajstić information content (AvgIpc) is 2.73. The van der Waals surface area contributed by atoms with Crippen LogP contribution in [0.5, 0.6) is 0 Å². The van der Waals surface area contributed by atoms with Crippen molar-refractivity contribution in [2.24, 2.45) is 5.41 Å². The second-order valence-electron chi connectivity index (χ2n) is 5.80. The smallest absolute Gasteiger partial charge is 0.0862 e. The van der Waals surface area contributed by atoms with Crippen LogP contribution in [-0.4, -0.2) is 45.5 Å². The molecule has 1 aliphatic rings. The maximum absolute atomic E-state index is 10.00. The molecule has 1 fully saturated rings. The first kappa shape index (κ1) is 12.4. The number of nitrogen functional groups attached to an aromatic ring is 1. The van der Waals surface area contributed by atoms with E-state index in [9.17, 15) is 5.11 Å². The second-order valence-corrected chi connectivity index (χ2v) is 5.80. The van der Waals surface area contributed by atoms with E-state index in [0.717, 1.165) is 13.1 Å². The number of hydrogen-bond acceptors (Lipinski definition) is 4. The molecule has 0 saturated carbocycles. The van der Waals surface area contributed by atoms with Crippen molar-refractivity contribution in [2.45, 2.75) is 32.9 Å². The number of aliphatic hydroxyl groups excluding tert-OH is 1. The molecular formula is C12H22N4O. The van der Waals surface area contributed by atoms with Gasteiger partial charge in [-0.2, -0.15) is 5.10 Å². The Kier molecular flexibility index (Phi) is 3.40. The average molecular weight is 238 g/mol. The highest BCUT2D eigenvalue weighted by atomic mass is 16.3. The van der Waals surface area contributed by atoms with Gasteiger partial charge in [0.2, 0.25) is 0 Å². The Morgan fingerprint density at radius 1 is 1.53 bits per heavy atom. The van der Waals surface area contributed by atoms with Gasteiger partial charge in [0, 0.05) is 19.3 Å². The zero-order valence-electron chi connectivity index (χ0n) is 10.6. The van der Waals surface area contributed by atoms with Gasteiger partial charge in [0.15, 0.2) is 0 Å². The van der Waals surface area contributed by atoms with Crippen LogP contribution >= 0.6 is 0 Å². The summed E-state index contributed by atoms with van der Waals surface area (Å²) in [4.78, 5) is 2.32. The third kappa shape index (κ3) is 3.44. The number of likely N-dealkylation sites (tertiary alicyclic amines) is 1. The minimum Gasteiger partial charge on any atom is -0.396 e. The molecule has 1 aromatic rings. The molecule has 1 aromatic heterocycles. The maximum atomic E-state index is 10.00. The van der Waals surface area contributed by atoms with Crippen molar-refractivity contribution in [1.82, 2.24) is 14.7 Å². The van der Waals surface area contributed by atoms with Crippen molar-refractivity contribution in [3.63, 3.8) is 0 Å². The molecule has 0 aromatic carbocycles. The molecule has 1 aliphatic heterocycles. The second kappa shape index (κ2) is 4.66. The van der Waals surface area contributed by atoms with Crippen molar-refractivity contribution >= 4 is 5.69 Å². The van der Waals surface area contributed by atoms with Crippen LogP contribution in [0.4, 0.5) is 5.69 Å². The van der Waals surface area contributed by atoms with E-state index in [4.69, 9.17) is 5.73 Å². The molecule has 0 bridgehead atoms. The molecule has 96 valence electrons. The lowest BCUT2D eigenvalue weighted by atomic mass is 9.93. The fourth-order valence-electron chi connectivity index (χ4n) is 2.43. The highest BCUT2D eigenvalue weighted by Crippen LogP contribution is 2.28. The summed E-state index contributed by atoms with van der Waals surface area (Å²) in [5.41, 5.74) is 6.60. The van der Waals surface area contributed by atoms with Gasteiger partial charge in [-0.3, -0.25) is 4.68 Å². The van der Waals surface area contributed by atoms with E-state index >= 15 is 0 Å². The van der Waals surface area contributed by atoms with E-state index in [1.807, 2.05) is 0 Å². The lowest BCUT2D eigenvalue weighted by molar-refractivity contribution is 0.101. The third-order valence-electron chi connectivity index (χ3n) is 3.28. The van der Waals surface area contributed by atoms with Crippen molar-refractivity contribution in [1.29, 1.82) is 0 Å². The number of aromatic nitrogens is 2. The molecular weight excluding hydrogens is 216 g/mol. The molecule has 1 unspecified atom stereocenters. The maximum Gasteiger partial charge on any atom is 0.0862 e. The summed E-state index contributed by atoms with van der Waals surface area (Å²) in [6.07, 6.45) is 4.17. The van der Waals surface area contributed by atoms with Crippen LogP contribution in [0.1, 0.15) is 20.3 Å². The van der Waals surface area contributed by atoms with Crippen LogP contribution in [0, 0.1) is 5.41 Å². The summed E-state index contributed by atoms with van der Waals surface area (Å²) in [5.74, 6) is 0. The van der Waals surface area contributed by atoms with Crippen LogP contribution in [0.2, 0.25) is 0 Å². The number of anilines is 1.